The molecule has 0 saturated heterocycles. The Morgan fingerprint density at radius 1 is 1.19 bits per heavy atom. The molecule has 2 N–H and O–H groups in total. The fraction of sp³-hybridized carbons (Fsp3) is 0.0714. The van der Waals surface area contributed by atoms with E-state index in [9.17, 15) is 13.6 Å². The van der Waals surface area contributed by atoms with Gasteiger partial charge < -0.3 is 10.5 Å². The lowest BCUT2D eigenvalue weighted by molar-refractivity contribution is 0.0468. The molecule has 0 heterocycles. The van der Waals surface area contributed by atoms with Gasteiger partial charge in [0.1, 0.15) is 18.2 Å². The predicted octanol–water partition coefficient (Wildman–Crippen LogP) is 4.21. The molecule has 2 aromatic rings. The van der Waals surface area contributed by atoms with Crippen LogP contribution in [0.1, 0.15) is 15.9 Å². The molecule has 7 heteroatoms. The van der Waals surface area contributed by atoms with Crippen molar-refractivity contribution >= 4 is 34.9 Å². The summed E-state index contributed by atoms with van der Waals surface area (Å²) in [4.78, 5) is 11.8. The third-order valence-electron chi connectivity index (χ3n) is 2.66. The second-order valence-electron chi connectivity index (χ2n) is 4.17. The summed E-state index contributed by atoms with van der Waals surface area (Å²) in [6.45, 7) is -0.414. The highest BCUT2D eigenvalue weighted by Crippen LogP contribution is 2.29. The van der Waals surface area contributed by atoms with E-state index in [0.717, 1.165) is 18.2 Å². The molecule has 0 bridgehead atoms. The smallest absolute Gasteiger partial charge is 0.338 e. The summed E-state index contributed by atoms with van der Waals surface area (Å²) in [6, 6.07) is 5.45. The topological polar surface area (TPSA) is 52.3 Å². The second-order valence-corrected chi connectivity index (χ2v) is 4.96. The first-order valence-electron chi connectivity index (χ1n) is 5.74. The zero-order chi connectivity index (χ0) is 15.6. The molecule has 0 aliphatic rings. The van der Waals surface area contributed by atoms with Crippen LogP contribution in [0.5, 0.6) is 0 Å². The lowest BCUT2D eigenvalue weighted by atomic mass is 10.2. The van der Waals surface area contributed by atoms with Crippen LogP contribution in [0.3, 0.4) is 0 Å². The number of rotatable bonds is 3. The molecular weight excluding hydrogens is 323 g/mol. The Hall–Kier alpha value is -1.85. The molecule has 0 radical (unpaired) electrons. The van der Waals surface area contributed by atoms with Gasteiger partial charge in [0.2, 0.25) is 0 Å². The van der Waals surface area contributed by atoms with Gasteiger partial charge in [-0.1, -0.05) is 23.2 Å². The van der Waals surface area contributed by atoms with Crippen LogP contribution in [0.4, 0.5) is 14.5 Å². The maximum Gasteiger partial charge on any atom is 0.338 e. The number of nitrogen functional groups attached to an aromatic ring is 1. The Morgan fingerprint density at radius 2 is 1.90 bits per heavy atom. The van der Waals surface area contributed by atoms with E-state index in [0.29, 0.717) is 0 Å². The van der Waals surface area contributed by atoms with Crippen LogP contribution < -0.4 is 5.73 Å². The third-order valence-corrected chi connectivity index (χ3v) is 3.48. The Bertz CT molecular complexity index is 684. The Morgan fingerprint density at radius 3 is 2.57 bits per heavy atom. The lowest BCUT2D eigenvalue weighted by Gasteiger charge is -2.08. The predicted molar refractivity (Wildman–Crippen MR) is 76.4 cm³/mol. The summed E-state index contributed by atoms with van der Waals surface area (Å²) < 4.78 is 31.3. The summed E-state index contributed by atoms with van der Waals surface area (Å²) in [6.07, 6.45) is 0. The normalized spacial score (nSPS) is 10.5. The number of carbonyl (C=O) groups is 1. The quantitative estimate of drug-likeness (QED) is 0.677. The van der Waals surface area contributed by atoms with Crippen LogP contribution in [-0.4, -0.2) is 5.97 Å². The molecule has 0 unspecified atom stereocenters. The van der Waals surface area contributed by atoms with Gasteiger partial charge in [0, 0.05) is 5.56 Å². The van der Waals surface area contributed by atoms with Crippen molar-refractivity contribution in [1.29, 1.82) is 0 Å². The molecule has 0 saturated carbocycles. The molecule has 0 amide bonds. The van der Waals surface area contributed by atoms with Gasteiger partial charge in [-0.3, -0.25) is 0 Å². The Labute approximate surface area is 129 Å². The van der Waals surface area contributed by atoms with E-state index in [-0.39, 0.29) is 26.9 Å². The van der Waals surface area contributed by atoms with Crippen LogP contribution in [0, 0.1) is 11.6 Å². The summed E-state index contributed by atoms with van der Waals surface area (Å²) in [5.74, 6) is -2.07. The van der Waals surface area contributed by atoms with Crippen molar-refractivity contribution < 1.29 is 18.3 Å². The van der Waals surface area contributed by atoms with Crippen molar-refractivity contribution in [2.24, 2.45) is 0 Å². The van der Waals surface area contributed by atoms with E-state index in [2.05, 4.69) is 0 Å². The molecule has 0 aromatic heterocycles. The van der Waals surface area contributed by atoms with Gasteiger partial charge in [-0.05, 0) is 30.3 Å². The number of halogens is 4. The van der Waals surface area contributed by atoms with Crippen molar-refractivity contribution in [3.63, 3.8) is 0 Å². The Kier molecular flexibility index (Phi) is 4.65. The highest BCUT2D eigenvalue weighted by atomic mass is 35.5. The first-order chi connectivity index (χ1) is 9.88. The maximum absolute atomic E-state index is 13.4. The van der Waals surface area contributed by atoms with Crippen molar-refractivity contribution in [2.75, 3.05) is 5.73 Å². The molecule has 0 aliphatic heterocycles. The molecule has 110 valence electrons. The van der Waals surface area contributed by atoms with Gasteiger partial charge in [0.05, 0.1) is 21.3 Å². The van der Waals surface area contributed by atoms with Gasteiger partial charge in [-0.2, -0.15) is 0 Å². The molecule has 0 atom stereocenters. The van der Waals surface area contributed by atoms with Gasteiger partial charge in [-0.25, -0.2) is 13.6 Å². The van der Waals surface area contributed by atoms with E-state index in [1.807, 2.05) is 0 Å². The van der Waals surface area contributed by atoms with Gasteiger partial charge in [-0.15, -0.1) is 0 Å². The third kappa shape index (κ3) is 3.62. The van der Waals surface area contributed by atoms with Crippen LogP contribution >= 0.6 is 23.2 Å². The maximum atomic E-state index is 13.4. The fourth-order valence-electron chi connectivity index (χ4n) is 1.61. The summed E-state index contributed by atoms with van der Waals surface area (Å²) in [5, 5.41) is 0.227. The summed E-state index contributed by atoms with van der Waals surface area (Å²) in [7, 11) is 0. The van der Waals surface area contributed by atoms with Crippen LogP contribution in [0.15, 0.2) is 30.3 Å². The minimum Gasteiger partial charge on any atom is -0.457 e. The average Bonchev–Trinajstić information content (AvgIpc) is 2.44. The van der Waals surface area contributed by atoms with Crippen LogP contribution in [0.2, 0.25) is 10.0 Å². The van der Waals surface area contributed by atoms with Crippen LogP contribution in [0.25, 0.3) is 0 Å². The number of anilines is 1. The zero-order valence-corrected chi connectivity index (χ0v) is 12.0. The largest absolute Gasteiger partial charge is 0.457 e. The molecule has 0 fully saturated rings. The summed E-state index contributed by atoms with van der Waals surface area (Å²) in [5.41, 5.74) is 5.69. The molecule has 2 aromatic carbocycles. The standard InChI is InChI=1S/C14H9Cl2F2NO2/c15-10-4-7(5-12(19)13(10)16)14(20)21-6-8-3-9(17)1-2-11(8)18/h1-5H,6,19H2. The number of ether oxygens (including phenoxy) is 1. The minimum atomic E-state index is -0.774. The van der Waals surface area contributed by atoms with Gasteiger partial charge in [0.15, 0.2) is 0 Å². The molecular formula is C14H9Cl2F2NO2. The molecule has 2 rings (SSSR count). The van der Waals surface area contributed by atoms with Crippen molar-refractivity contribution in [3.05, 3.63) is 63.1 Å². The molecule has 0 aliphatic carbocycles. The highest BCUT2D eigenvalue weighted by Gasteiger charge is 2.14. The lowest BCUT2D eigenvalue weighted by Crippen LogP contribution is -2.07. The van der Waals surface area contributed by atoms with Crippen molar-refractivity contribution in [2.45, 2.75) is 6.61 Å². The SMILES string of the molecule is Nc1cc(C(=O)OCc2cc(F)ccc2F)cc(Cl)c1Cl. The number of benzene rings is 2. The highest BCUT2D eigenvalue weighted by molar-refractivity contribution is 6.43. The van der Waals surface area contributed by atoms with E-state index >= 15 is 0 Å². The monoisotopic (exact) mass is 331 g/mol. The number of nitrogens with two attached hydrogens (primary N) is 1. The Balaban J connectivity index is 2.13. The first kappa shape index (κ1) is 15.5. The fourth-order valence-corrected chi connectivity index (χ4v) is 1.94. The first-order valence-corrected chi connectivity index (χ1v) is 6.49. The minimum absolute atomic E-state index is 0.0683. The average molecular weight is 332 g/mol. The number of esters is 1. The zero-order valence-electron chi connectivity index (χ0n) is 10.5. The molecule has 0 spiro atoms. The van der Waals surface area contributed by atoms with E-state index < -0.39 is 24.2 Å². The van der Waals surface area contributed by atoms with E-state index in [1.165, 1.54) is 12.1 Å². The number of carbonyl (C=O) groups excluding carboxylic acids is 1. The van der Waals surface area contributed by atoms with Gasteiger partial charge in [0.25, 0.3) is 0 Å². The van der Waals surface area contributed by atoms with E-state index in [1.54, 1.807) is 0 Å². The van der Waals surface area contributed by atoms with Crippen molar-refractivity contribution in [1.82, 2.24) is 0 Å². The second kappa shape index (κ2) is 6.28. The van der Waals surface area contributed by atoms with E-state index in [4.69, 9.17) is 33.7 Å². The summed E-state index contributed by atoms with van der Waals surface area (Å²) >= 11 is 11.6. The van der Waals surface area contributed by atoms with Crippen LogP contribution in [-0.2, 0) is 11.3 Å². The molecule has 21 heavy (non-hydrogen) atoms. The molecule has 3 nitrogen and oxygen atoms in total. The van der Waals surface area contributed by atoms with Gasteiger partial charge >= 0.3 is 5.97 Å². The number of hydrogen-bond acceptors (Lipinski definition) is 3. The van der Waals surface area contributed by atoms with Crippen molar-refractivity contribution in [3.8, 4) is 0 Å². The number of hydrogen-bond donors (Lipinski definition) is 1.